The average molecular weight is 362 g/mol. The fourth-order valence-electron chi connectivity index (χ4n) is 3.21. The van der Waals surface area contributed by atoms with Gasteiger partial charge in [-0.05, 0) is 30.3 Å². The Morgan fingerprint density at radius 2 is 2.00 bits per heavy atom. The highest BCUT2D eigenvalue weighted by atomic mass is 16.7. The van der Waals surface area contributed by atoms with Crippen LogP contribution in [0.3, 0.4) is 0 Å². The van der Waals surface area contributed by atoms with Crippen molar-refractivity contribution < 1.29 is 14.3 Å². The Labute approximate surface area is 152 Å². The molecule has 5 rings (SSSR count). The monoisotopic (exact) mass is 362 g/mol. The van der Waals surface area contributed by atoms with Crippen LogP contribution < -0.4 is 20.3 Å². The second kappa shape index (κ2) is 5.60. The van der Waals surface area contributed by atoms with E-state index >= 15 is 0 Å². The van der Waals surface area contributed by atoms with E-state index in [1.165, 1.54) is 4.40 Å². The molecule has 4 heterocycles. The van der Waals surface area contributed by atoms with Gasteiger partial charge in [0.25, 0.3) is 11.5 Å². The number of anilines is 1. The Hall–Kier alpha value is -3.81. The molecule has 0 aliphatic carbocycles. The van der Waals surface area contributed by atoms with Crippen LogP contribution in [0.15, 0.2) is 53.5 Å². The number of carbonyl (C=O) groups excluding carboxylic acids is 1. The smallest absolute Gasteiger partial charge is 0.272 e. The van der Waals surface area contributed by atoms with Crippen molar-refractivity contribution in [3.63, 3.8) is 0 Å². The zero-order valence-corrected chi connectivity index (χ0v) is 14.3. The highest BCUT2D eigenvalue weighted by molar-refractivity contribution is 6.06. The molecular weight excluding hydrogens is 348 g/mol. The van der Waals surface area contributed by atoms with E-state index in [2.05, 4.69) is 10.3 Å². The molecule has 0 saturated carbocycles. The highest BCUT2D eigenvalue weighted by Gasteiger charge is 2.19. The van der Waals surface area contributed by atoms with Crippen LogP contribution >= 0.6 is 0 Å². The predicted octanol–water partition coefficient (Wildman–Crippen LogP) is 2.17. The van der Waals surface area contributed by atoms with Crippen molar-refractivity contribution in [1.82, 2.24) is 14.0 Å². The number of ether oxygens (including phenoxy) is 2. The number of nitrogens with zero attached hydrogens (tertiary/aromatic N) is 3. The van der Waals surface area contributed by atoms with Gasteiger partial charge in [-0.15, -0.1) is 0 Å². The molecule has 0 spiro atoms. The Morgan fingerprint density at radius 3 is 2.89 bits per heavy atom. The number of rotatable bonds is 2. The van der Waals surface area contributed by atoms with Gasteiger partial charge < -0.3 is 19.4 Å². The van der Waals surface area contributed by atoms with Gasteiger partial charge in [0.1, 0.15) is 17.0 Å². The second-order valence-electron chi connectivity index (χ2n) is 6.19. The van der Waals surface area contributed by atoms with Crippen molar-refractivity contribution in [3.8, 4) is 11.5 Å². The molecule has 8 nitrogen and oxygen atoms in total. The van der Waals surface area contributed by atoms with Crippen molar-refractivity contribution in [2.45, 2.75) is 0 Å². The molecule has 0 saturated heterocycles. The first-order valence-corrected chi connectivity index (χ1v) is 8.29. The summed E-state index contributed by atoms with van der Waals surface area (Å²) in [5, 5.41) is 3.20. The zero-order chi connectivity index (χ0) is 18.5. The minimum atomic E-state index is -0.345. The fraction of sp³-hybridized carbons (Fsp3) is 0.105. The molecule has 1 amide bonds. The molecule has 0 unspecified atom stereocenters. The van der Waals surface area contributed by atoms with Gasteiger partial charge >= 0.3 is 0 Å². The Bertz CT molecular complexity index is 1290. The van der Waals surface area contributed by atoms with E-state index in [1.807, 2.05) is 6.07 Å². The van der Waals surface area contributed by atoms with Crippen LogP contribution in [-0.2, 0) is 7.05 Å². The third kappa shape index (κ3) is 2.34. The maximum atomic E-state index is 12.8. The van der Waals surface area contributed by atoms with Crippen LogP contribution in [0.2, 0.25) is 0 Å². The van der Waals surface area contributed by atoms with E-state index in [4.69, 9.17) is 9.47 Å². The summed E-state index contributed by atoms with van der Waals surface area (Å²) in [7, 11) is 1.71. The molecule has 1 aromatic carbocycles. The standard InChI is InChI=1S/C19H14N4O4/c1-22-13(18(24)20-11-5-6-14-15(8-11)27-10-26-14)9-12-17(22)21-16-4-2-3-7-23(16)19(12)25/h2-9H,10H2,1H3,(H,20,24). The summed E-state index contributed by atoms with van der Waals surface area (Å²) in [6, 6.07) is 12.1. The summed E-state index contributed by atoms with van der Waals surface area (Å²) in [6.07, 6.45) is 1.66. The molecule has 0 bridgehead atoms. The highest BCUT2D eigenvalue weighted by Crippen LogP contribution is 2.34. The first-order valence-electron chi connectivity index (χ1n) is 8.29. The summed E-state index contributed by atoms with van der Waals surface area (Å²) in [5.41, 5.74) is 1.68. The Kier molecular flexibility index (Phi) is 3.20. The molecule has 1 N–H and O–H groups in total. The molecular formula is C19H14N4O4. The number of fused-ring (bicyclic) bond motifs is 3. The Balaban J connectivity index is 1.57. The van der Waals surface area contributed by atoms with Crippen LogP contribution in [0.4, 0.5) is 5.69 Å². The molecule has 8 heteroatoms. The lowest BCUT2D eigenvalue weighted by Crippen LogP contribution is -2.16. The molecule has 0 fully saturated rings. The topological polar surface area (TPSA) is 86.9 Å². The largest absolute Gasteiger partial charge is 0.454 e. The van der Waals surface area contributed by atoms with Gasteiger partial charge in [0.15, 0.2) is 11.5 Å². The quantitative estimate of drug-likeness (QED) is 0.591. The number of amides is 1. The van der Waals surface area contributed by atoms with E-state index < -0.39 is 0 Å². The van der Waals surface area contributed by atoms with Crippen LogP contribution in [0.1, 0.15) is 10.5 Å². The summed E-state index contributed by atoms with van der Waals surface area (Å²) in [4.78, 5) is 30.0. The lowest BCUT2D eigenvalue weighted by atomic mass is 10.2. The number of aromatic nitrogens is 3. The molecule has 4 aromatic rings. The van der Waals surface area contributed by atoms with E-state index in [-0.39, 0.29) is 18.3 Å². The number of hydrogen-bond donors (Lipinski definition) is 1. The molecule has 27 heavy (non-hydrogen) atoms. The third-order valence-corrected chi connectivity index (χ3v) is 4.57. The Morgan fingerprint density at radius 1 is 1.15 bits per heavy atom. The van der Waals surface area contributed by atoms with E-state index in [0.29, 0.717) is 39.6 Å². The van der Waals surface area contributed by atoms with Gasteiger partial charge in [-0.3, -0.25) is 14.0 Å². The van der Waals surface area contributed by atoms with Gasteiger partial charge in [0.2, 0.25) is 6.79 Å². The number of carbonyl (C=O) groups is 1. The lowest BCUT2D eigenvalue weighted by Gasteiger charge is -2.07. The van der Waals surface area contributed by atoms with Crippen LogP contribution in [0.5, 0.6) is 11.5 Å². The maximum absolute atomic E-state index is 12.8. The van der Waals surface area contributed by atoms with Gasteiger partial charge in [-0.2, -0.15) is 0 Å². The fourth-order valence-corrected chi connectivity index (χ4v) is 3.21. The maximum Gasteiger partial charge on any atom is 0.272 e. The van der Waals surface area contributed by atoms with E-state index in [9.17, 15) is 9.59 Å². The predicted molar refractivity (Wildman–Crippen MR) is 98.5 cm³/mol. The second-order valence-corrected chi connectivity index (χ2v) is 6.19. The summed E-state index contributed by atoms with van der Waals surface area (Å²) >= 11 is 0. The molecule has 0 radical (unpaired) electrons. The summed E-state index contributed by atoms with van der Waals surface area (Å²) in [6.45, 7) is 0.166. The van der Waals surface area contributed by atoms with Crippen LogP contribution in [0.25, 0.3) is 16.7 Å². The third-order valence-electron chi connectivity index (χ3n) is 4.57. The SMILES string of the molecule is Cn1c(C(=O)Nc2ccc3c(c2)OCO3)cc2c(=O)n3ccccc3nc21. The van der Waals surface area contributed by atoms with Gasteiger partial charge in [-0.25, -0.2) is 4.98 Å². The first kappa shape index (κ1) is 15.4. The van der Waals surface area contributed by atoms with Gasteiger partial charge in [-0.1, -0.05) is 6.07 Å². The molecule has 1 aliphatic heterocycles. The average Bonchev–Trinajstić information content (AvgIpc) is 3.27. The van der Waals surface area contributed by atoms with Crippen molar-refractivity contribution in [2.75, 3.05) is 12.1 Å². The van der Waals surface area contributed by atoms with Gasteiger partial charge in [0, 0.05) is 25.0 Å². The minimum Gasteiger partial charge on any atom is -0.454 e. The number of nitrogens with one attached hydrogen (secondary N) is 1. The van der Waals surface area contributed by atoms with Crippen molar-refractivity contribution in [3.05, 3.63) is 64.7 Å². The minimum absolute atomic E-state index is 0.166. The van der Waals surface area contributed by atoms with Crippen LogP contribution in [0, 0.1) is 0 Å². The van der Waals surface area contributed by atoms with E-state index in [1.54, 1.807) is 54.2 Å². The zero-order valence-electron chi connectivity index (χ0n) is 14.3. The van der Waals surface area contributed by atoms with E-state index in [0.717, 1.165) is 0 Å². The number of benzene rings is 1. The van der Waals surface area contributed by atoms with Crippen molar-refractivity contribution >= 4 is 28.3 Å². The molecule has 1 aliphatic rings. The molecule has 0 atom stereocenters. The first-order chi connectivity index (χ1) is 13.1. The van der Waals surface area contributed by atoms with Crippen molar-refractivity contribution in [2.24, 2.45) is 7.05 Å². The lowest BCUT2D eigenvalue weighted by molar-refractivity contribution is 0.101. The molecule has 3 aromatic heterocycles. The van der Waals surface area contributed by atoms with Gasteiger partial charge in [0.05, 0.1) is 5.39 Å². The summed E-state index contributed by atoms with van der Waals surface area (Å²) in [5.74, 6) is 0.875. The molecule has 134 valence electrons. The number of pyridine rings is 1. The van der Waals surface area contributed by atoms with Crippen molar-refractivity contribution in [1.29, 1.82) is 0 Å². The normalized spacial score (nSPS) is 12.6. The summed E-state index contributed by atoms with van der Waals surface area (Å²) < 4.78 is 13.7. The number of hydrogen-bond acceptors (Lipinski definition) is 5. The number of aryl methyl sites for hydroxylation is 1. The van der Waals surface area contributed by atoms with Crippen LogP contribution in [-0.4, -0.2) is 26.7 Å².